The number of carbonyl (C=O) groups is 2. The molecule has 4 heteroatoms. The molecular formula is C25H18F2O2. The predicted molar refractivity (Wildman–Crippen MR) is 110 cm³/mol. The number of ketones is 2. The van der Waals surface area contributed by atoms with Crippen LogP contribution in [0.2, 0.25) is 0 Å². The molecule has 3 aromatic carbocycles. The second-order valence-electron chi connectivity index (χ2n) is 6.42. The van der Waals surface area contributed by atoms with E-state index in [1.54, 1.807) is 66.7 Å². The van der Waals surface area contributed by atoms with Gasteiger partial charge in [-0.3, -0.25) is 9.59 Å². The SMILES string of the molecule is O=C(/C=C/c1ccc(F)cc1)C(C(=O)/C=C/c1ccc(F)cc1)c1ccccc1. The Labute approximate surface area is 167 Å². The number of hydrogen-bond donors (Lipinski definition) is 0. The minimum Gasteiger partial charge on any atom is -0.294 e. The summed E-state index contributed by atoms with van der Waals surface area (Å²) in [5, 5.41) is 0. The van der Waals surface area contributed by atoms with E-state index in [4.69, 9.17) is 0 Å². The van der Waals surface area contributed by atoms with Crippen molar-refractivity contribution in [3.8, 4) is 0 Å². The van der Waals surface area contributed by atoms with Crippen molar-refractivity contribution in [2.45, 2.75) is 5.92 Å². The first-order valence-corrected chi connectivity index (χ1v) is 9.03. The van der Waals surface area contributed by atoms with Gasteiger partial charge in [0, 0.05) is 0 Å². The zero-order valence-electron chi connectivity index (χ0n) is 15.5. The Hall–Kier alpha value is -3.66. The van der Waals surface area contributed by atoms with Crippen LogP contribution in [0.25, 0.3) is 12.2 Å². The molecule has 29 heavy (non-hydrogen) atoms. The van der Waals surface area contributed by atoms with Crippen LogP contribution < -0.4 is 0 Å². The maximum absolute atomic E-state index is 13.0. The average Bonchev–Trinajstić information content (AvgIpc) is 2.74. The van der Waals surface area contributed by atoms with Crippen molar-refractivity contribution in [3.05, 3.63) is 119 Å². The highest BCUT2D eigenvalue weighted by molar-refractivity contribution is 6.17. The Kier molecular flexibility index (Phi) is 6.59. The predicted octanol–water partition coefficient (Wildman–Crippen LogP) is 5.61. The minimum absolute atomic E-state index is 0.364. The molecule has 3 aromatic rings. The Bertz CT molecular complexity index is 967. The van der Waals surface area contributed by atoms with Gasteiger partial charge in [-0.1, -0.05) is 66.7 Å². The monoisotopic (exact) mass is 388 g/mol. The van der Waals surface area contributed by atoms with Gasteiger partial charge in [0.2, 0.25) is 0 Å². The normalized spacial score (nSPS) is 11.4. The summed E-state index contributed by atoms with van der Waals surface area (Å²) >= 11 is 0. The molecule has 0 N–H and O–H groups in total. The third-order valence-electron chi connectivity index (χ3n) is 4.32. The maximum Gasteiger partial charge on any atom is 0.170 e. The first-order valence-electron chi connectivity index (χ1n) is 9.03. The zero-order valence-corrected chi connectivity index (χ0v) is 15.5. The van der Waals surface area contributed by atoms with Crippen molar-refractivity contribution < 1.29 is 18.4 Å². The molecule has 0 saturated heterocycles. The van der Waals surface area contributed by atoms with Crippen LogP contribution in [0.4, 0.5) is 8.78 Å². The van der Waals surface area contributed by atoms with E-state index >= 15 is 0 Å². The topological polar surface area (TPSA) is 34.1 Å². The molecule has 0 aliphatic carbocycles. The number of allylic oxidation sites excluding steroid dienone is 2. The van der Waals surface area contributed by atoms with Gasteiger partial charge in [-0.15, -0.1) is 0 Å². The van der Waals surface area contributed by atoms with E-state index in [-0.39, 0.29) is 23.2 Å². The third kappa shape index (κ3) is 5.66. The zero-order chi connectivity index (χ0) is 20.6. The van der Waals surface area contributed by atoms with Crippen LogP contribution in [0.5, 0.6) is 0 Å². The first-order chi connectivity index (χ1) is 14.0. The molecule has 0 bridgehead atoms. The average molecular weight is 388 g/mol. The summed E-state index contributed by atoms with van der Waals surface area (Å²) in [6.45, 7) is 0. The molecule has 0 atom stereocenters. The number of halogens is 2. The lowest BCUT2D eigenvalue weighted by Crippen LogP contribution is -2.18. The van der Waals surface area contributed by atoms with E-state index in [2.05, 4.69) is 0 Å². The van der Waals surface area contributed by atoms with Crippen LogP contribution in [0.1, 0.15) is 22.6 Å². The van der Waals surface area contributed by atoms with Gasteiger partial charge in [0.1, 0.15) is 17.6 Å². The fraction of sp³-hybridized carbons (Fsp3) is 0.0400. The lowest BCUT2D eigenvalue weighted by atomic mass is 9.89. The number of carbonyl (C=O) groups excluding carboxylic acids is 2. The number of rotatable bonds is 7. The fourth-order valence-electron chi connectivity index (χ4n) is 2.81. The molecule has 0 spiro atoms. The molecule has 0 amide bonds. The highest BCUT2D eigenvalue weighted by Crippen LogP contribution is 2.21. The molecule has 0 aromatic heterocycles. The van der Waals surface area contributed by atoms with Crippen LogP contribution in [0, 0.1) is 11.6 Å². The van der Waals surface area contributed by atoms with Gasteiger partial charge in [-0.05, 0) is 53.1 Å². The molecule has 0 heterocycles. The largest absolute Gasteiger partial charge is 0.294 e. The summed E-state index contributed by atoms with van der Waals surface area (Å²) < 4.78 is 26.0. The van der Waals surface area contributed by atoms with Gasteiger partial charge in [0.25, 0.3) is 0 Å². The second-order valence-corrected chi connectivity index (χ2v) is 6.42. The molecule has 0 aliphatic heterocycles. The lowest BCUT2D eigenvalue weighted by molar-refractivity contribution is -0.124. The van der Waals surface area contributed by atoms with Crippen LogP contribution in [0.15, 0.2) is 91.0 Å². The Morgan fingerprint density at radius 2 is 1.03 bits per heavy atom. The quantitative estimate of drug-likeness (QED) is 0.389. The van der Waals surface area contributed by atoms with Gasteiger partial charge < -0.3 is 0 Å². The lowest BCUT2D eigenvalue weighted by Gasteiger charge is -2.11. The molecule has 0 aliphatic rings. The summed E-state index contributed by atoms with van der Waals surface area (Å²) in [5.74, 6) is -2.48. The van der Waals surface area contributed by atoms with E-state index in [0.717, 1.165) is 0 Å². The van der Waals surface area contributed by atoms with E-state index < -0.39 is 5.92 Å². The van der Waals surface area contributed by atoms with Crippen molar-refractivity contribution in [1.82, 2.24) is 0 Å². The van der Waals surface area contributed by atoms with Gasteiger partial charge in [0.05, 0.1) is 0 Å². The van der Waals surface area contributed by atoms with Crippen LogP contribution in [-0.2, 0) is 9.59 Å². The van der Waals surface area contributed by atoms with E-state index in [1.807, 2.05) is 0 Å². The summed E-state index contributed by atoms with van der Waals surface area (Å²) in [6.07, 6.45) is 5.76. The van der Waals surface area contributed by atoms with Crippen molar-refractivity contribution in [1.29, 1.82) is 0 Å². The summed E-state index contributed by atoms with van der Waals surface area (Å²) in [4.78, 5) is 25.6. The molecule has 144 valence electrons. The molecular weight excluding hydrogens is 370 g/mol. The second kappa shape index (κ2) is 9.51. The Morgan fingerprint density at radius 3 is 1.45 bits per heavy atom. The first kappa shape index (κ1) is 20.1. The molecule has 2 nitrogen and oxygen atoms in total. The van der Waals surface area contributed by atoms with Crippen molar-refractivity contribution in [3.63, 3.8) is 0 Å². The van der Waals surface area contributed by atoms with Crippen molar-refractivity contribution in [2.24, 2.45) is 0 Å². The highest BCUT2D eigenvalue weighted by atomic mass is 19.1. The molecule has 0 unspecified atom stereocenters. The van der Waals surface area contributed by atoms with Gasteiger partial charge >= 0.3 is 0 Å². The highest BCUT2D eigenvalue weighted by Gasteiger charge is 2.24. The van der Waals surface area contributed by atoms with Gasteiger partial charge in [0.15, 0.2) is 11.6 Å². The fourth-order valence-corrected chi connectivity index (χ4v) is 2.81. The van der Waals surface area contributed by atoms with Gasteiger partial charge in [-0.2, -0.15) is 0 Å². The summed E-state index contributed by atoms with van der Waals surface area (Å²) in [7, 11) is 0. The van der Waals surface area contributed by atoms with E-state index in [1.165, 1.54) is 36.4 Å². The number of hydrogen-bond acceptors (Lipinski definition) is 2. The third-order valence-corrected chi connectivity index (χ3v) is 4.32. The Morgan fingerprint density at radius 1 is 0.621 bits per heavy atom. The van der Waals surface area contributed by atoms with Crippen LogP contribution in [-0.4, -0.2) is 11.6 Å². The number of benzene rings is 3. The Balaban J connectivity index is 1.84. The van der Waals surface area contributed by atoms with Crippen molar-refractivity contribution >= 4 is 23.7 Å². The molecule has 0 radical (unpaired) electrons. The summed E-state index contributed by atoms with van der Waals surface area (Å²) in [6, 6.07) is 20.2. The van der Waals surface area contributed by atoms with Gasteiger partial charge in [-0.25, -0.2) is 8.78 Å². The maximum atomic E-state index is 13.0. The van der Waals surface area contributed by atoms with E-state index in [0.29, 0.717) is 16.7 Å². The van der Waals surface area contributed by atoms with Crippen molar-refractivity contribution in [2.75, 3.05) is 0 Å². The molecule has 0 saturated carbocycles. The minimum atomic E-state index is -0.996. The van der Waals surface area contributed by atoms with E-state index in [9.17, 15) is 18.4 Å². The standard InChI is InChI=1S/C25H18F2O2/c26-21-12-6-18(7-13-21)10-16-23(28)25(20-4-2-1-3-5-20)24(29)17-11-19-8-14-22(27)15-9-19/h1-17,25H/b16-10+,17-11+. The van der Waals surface area contributed by atoms with Crippen LogP contribution >= 0.6 is 0 Å². The molecule has 0 fully saturated rings. The summed E-state index contributed by atoms with van der Waals surface area (Å²) in [5.41, 5.74) is 1.89. The smallest absolute Gasteiger partial charge is 0.170 e. The molecule has 3 rings (SSSR count). The van der Waals surface area contributed by atoms with Crippen LogP contribution in [0.3, 0.4) is 0 Å².